The minimum Gasteiger partial charge on any atom is -0.368 e. The highest BCUT2D eigenvalue weighted by atomic mass is 16.1. The van der Waals surface area contributed by atoms with Crippen molar-refractivity contribution in [3.05, 3.63) is 49.1 Å². The van der Waals surface area contributed by atoms with Crippen LogP contribution in [0.1, 0.15) is 20.3 Å². The molecule has 1 aliphatic heterocycles. The minimum absolute atomic E-state index is 0.0402. The van der Waals surface area contributed by atoms with Gasteiger partial charge in [0.05, 0.1) is 11.0 Å². The summed E-state index contributed by atoms with van der Waals surface area (Å²) in [6.45, 7) is 7.45. The normalized spacial score (nSPS) is 13.9. The third-order valence-corrected chi connectivity index (χ3v) is 6.30. The molecule has 2 amide bonds. The van der Waals surface area contributed by atoms with E-state index in [-0.39, 0.29) is 11.8 Å². The zero-order valence-electron chi connectivity index (χ0n) is 20.3. The highest BCUT2D eigenvalue weighted by Crippen LogP contribution is 2.28. The Kier molecular flexibility index (Phi) is 6.57. The molecule has 36 heavy (non-hydrogen) atoms. The summed E-state index contributed by atoms with van der Waals surface area (Å²) in [7, 11) is 0. The molecule has 0 unspecified atom stereocenters. The molecule has 2 aromatic carbocycles. The van der Waals surface area contributed by atoms with Gasteiger partial charge in [-0.15, -0.1) is 0 Å². The standard InChI is InChI=1S/C26H28N8O2/c1-17(2)11-24(36)32-26-21-6-4-19(13-23(21)28-15-30-26)34-9-7-33(8-10-34)18-3-5-20-22(12-18)27-14-29-25(20)31-16-35/h3-6,12-17H,7-11H2,1-2H3,(H,27,29,31,35)(H,28,30,32,36). The molecule has 1 saturated heterocycles. The summed E-state index contributed by atoms with van der Waals surface area (Å²) in [6, 6.07) is 12.1. The Bertz CT molecular complexity index is 1420. The molecule has 2 N–H and O–H groups in total. The number of anilines is 4. The monoisotopic (exact) mass is 484 g/mol. The van der Waals surface area contributed by atoms with Gasteiger partial charge >= 0.3 is 0 Å². The van der Waals surface area contributed by atoms with Gasteiger partial charge in [0.15, 0.2) is 0 Å². The largest absolute Gasteiger partial charge is 0.368 e. The first-order chi connectivity index (χ1) is 17.5. The van der Waals surface area contributed by atoms with E-state index in [1.54, 1.807) is 0 Å². The van der Waals surface area contributed by atoms with Crippen molar-refractivity contribution >= 4 is 57.1 Å². The van der Waals surface area contributed by atoms with Crippen LogP contribution >= 0.6 is 0 Å². The Labute approximate surface area is 208 Å². The van der Waals surface area contributed by atoms with Crippen molar-refractivity contribution in [2.75, 3.05) is 46.6 Å². The number of nitrogens with zero attached hydrogens (tertiary/aromatic N) is 6. The average Bonchev–Trinajstić information content (AvgIpc) is 2.88. The number of piperazine rings is 1. The Morgan fingerprint density at radius 3 is 1.92 bits per heavy atom. The van der Waals surface area contributed by atoms with Crippen molar-refractivity contribution < 1.29 is 9.59 Å². The Hall–Kier alpha value is -4.34. The SMILES string of the molecule is CC(C)CC(=O)Nc1ncnc2cc(N3CCN(c4ccc5c(NC=O)ncnc5c4)CC3)ccc12. The Morgan fingerprint density at radius 1 is 0.861 bits per heavy atom. The second-order valence-corrected chi connectivity index (χ2v) is 9.23. The lowest BCUT2D eigenvalue weighted by Gasteiger charge is -2.37. The van der Waals surface area contributed by atoms with Crippen LogP contribution in [0.2, 0.25) is 0 Å². The van der Waals surface area contributed by atoms with E-state index in [0.29, 0.717) is 24.5 Å². The molecular formula is C26H28N8O2. The number of rotatable bonds is 7. The zero-order chi connectivity index (χ0) is 25.1. The van der Waals surface area contributed by atoms with Crippen molar-refractivity contribution in [3.8, 4) is 0 Å². The first-order valence-electron chi connectivity index (χ1n) is 12.0. The first-order valence-corrected chi connectivity index (χ1v) is 12.0. The van der Waals surface area contributed by atoms with E-state index < -0.39 is 0 Å². The van der Waals surface area contributed by atoms with Crippen molar-refractivity contribution in [2.24, 2.45) is 5.92 Å². The molecule has 10 heteroatoms. The lowest BCUT2D eigenvalue weighted by Crippen LogP contribution is -2.46. The number of aromatic nitrogens is 4. The van der Waals surface area contributed by atoms with Crippen molar-refractivity contribution in [3.63, 3.8) is 0 Å². The number of carbonyl (C=O) groups excluding carboxylic acids is 2. The van der Waals surface area contributed by atoms with Crippen molar-refractivity contribution in [1.29, 1.82) is 0 Å². The van der Waals surface area contributed by atoms with Gasteiger partial charge in [0.25, 0.3) is 0 Å². The molecular weight excluding hydrogens is 456 g/mol. The minimum atomic E-state index is -0.0402. The van der Waals surface area contributed by atoms with E-state index in [2.05, 4.69) is 52.5 Å². The van der Waals surface area contributed by atoms with E-state index in [9.17, 15) is 9.59 Å². The smallest absolute Gasteiger partial charge is 0.225 e. The quantitative estimate of drug-likeness (QED) is 0.383. The number of hydrogen-bond donors (Lipinski definition) is 2. The predicted octanol–water partition coefficient (Wildman–Crippen LogP) is 3.45. The van der Waals surface area contributed by atoms with Gasteiger partial charge < -0.3 is 20.4 Å². The second-order valence-electron chi connectivity index (χ2n) is 9.23. The maximum absolute atomic E-state index is 12.2. The van der Waals surface area contributed by atoms with Crippen LogP contribution in [0.25, 0.3) is 21.8 Å². The van der Waals surface area contributed by atoms with Gasteiger partial charge in [0, 0.05) is 54.7 Å². The van der Waals surface area contributed by atoms with Crippen molar-refractivity contribution in [2.45, 2.75) is 20.3 Å². The number of nitrogens with one attached hydrogen (secondary N) is 2. The second kappa shape index (κ2) is 10.1. The number of hydrogen-bond acceptors (Lipinski definition) is 8. The van der Waals surface area contributed by atoms with Gasteiger partial charge in [-0.3, -0.25) is 9.59 Å². The summed E-state index contributed by atoms with van der Waals surface area (Å²) >= 11 is 0. The van der Waals surface area contributed by atoms with Gasteiger partial charge in [-0.2, -0.15) is 0 Å². The maximum Gasteiger partial charge on any atom is 0.225 e. The van der Waals surface area contributed by atoms with E-state index >= 15 is 0 Å². The average molecular weight is 485 g/mol. The fraction of sp³-hybridized carbons (Fsp3) is 0.308. The first kappa shape index (κ1) is 23.4. The molecule has 3 heterocycles. The molecule has 0 radical (unpaired) electrons. The number of fused-ring (bicyclic) bond motifs is 2. The molecule has 0 bridgehead atoms. The molecule has 5 rings (SSSR count). The molecule has 10 nitrogen and oxygen atoms in total. The van der Waals surface area contributed by atoms with E-state index in [4.69, 9.17) is 0 Å². The fourth-order valence-electron chi connectivity index (χ4n) is 4.53. The Morgan fingerprint density at radius 2 is 1.39 bits per heavy atom. The third kappa shape index (κ3) is 4.88. The summed E-state index contributed by atoms with van der Waals surface area (Å²) in [6.07, 6.45) is 4.03. The number of benzene rings is 2. The van der Waals surface area contributed by atoms with E-state index in [1.807, 2.05) is 38.1 Å². The highest BCUT2D eigenvalue weighted by molar-refractivity contribution is 6.00. The molecule has 184 valence electrons. The number of amides is 2. The topological polar surface area (TPSA) is 116 Å². The van der Waals surface area contributed by atoms with Crippen LogP contribution in [-0.2, 0) is 9.59 Å². The summed E-state index contributed by atoms with van der Waals surface area (Å²) < 4.78 is 0. The highest BCUT2D eigenvalue weighted by Gasteiger charge is 2.19. The maximum atomic E-state index is 12.2. The van der Waals surface area contributed by atoms with Gasteiger partial charge in [0.2, 0.25) is 12.3 Å². The van der Waals surface area contributed by atoms with Gasteiger partial charge in [-0.05, 0) is 42.3 Å². The van der Waals surface area contributed by atoms with Crippen LogP contribution in [0.15, 0.2) is 49.1 Å². The molecule has 2 aromatic heterocycles. The summed E-state index contributed by atoms with van der Waals surface area (Å²) in [5.74, 6) is 1.30. The van der Waals surface area contributed by atoms with Gasteiger partial charge in [-0.1, -0.05) is 13.8 Å². The summed E-state index contributed by atoms with van der Waals surface area (Å²) in [5, 5.41) is 7.19. The van der Waals surface area contributed by atoms with E-state index in [0.717, 1.165) is 59.4 Å². The molecule has 4 aromatic rings. The summed E-state index contributed by atoms with van der Waals surface area (Å²) in [4.78, 5) is 45.0. The molecule has 1 fully saturated rings. The van der Waals surface area contributed by atoms with Gasteiger partial charge in [-0.25, -0.2) is 19.9 Å². The van der Waals surface area contributed by atoms with Crippen LogP contribution in [0.5, 0.6) is 0 Å². The molecule has 0 spiro atoms. The third-order valence-electron chi connectivity index (χ3n) is 6.30. The van der Waals surface area contributed by atoms with Crippen LogP contribution in [0.4, 0.5) is 23.0 Å². The summed E-state index contributed by atoms with van der Waals surface area (Å²) in [5.41, 5.74) is 3.78. The lowest BCUT2D eigenvalue weighted by molar-refractivity contribution is -0.116. The van der Waals surface area contributed by atoms with Crippen molar-refractivity contribution in [1.82, 2.24) is 19.9 Å². The molecule has 0 aliphatic carbocycles. The Balaban J connectivity index is 1.29. The van der Waals surface area contributed by atoms with Crippen LogP contribution in [-0.4, -0.2) is 58.4 Å². The van der Waals surface area contributed by atoms with Crippen LogP contribution in [0.3, 0.4) is 0 Å². The molecule has 1 aliphatic rings. The van der Waals surface area contributed by atoms with E-state index in [1.165, 1.54) is 12.7 Å². The van der Waals surface area contributed by atoms with Gasteiger partial charge in [0.1, 0.15) is 24.3 Å². The molecule has 0 atom stereocenters. The molecule has 0 saturated carbocycles. The lowest BCUT2D eigenvalue weighted by atomic mass is 10.1. The van der Waals surface area contributed by atoms with Crippen LogP contribution in [0, 0.1) is 5.92 Å². The van der Waals surface area contributed by atoms with Crippen LogP contribution < -0.4 is 20.4 Å². The predicted molar refractivity (Wildman–Crippen MR) is 141 cm³/mol. The fourth-order valence-corrected chi connectivity index (χ4v) is 4.53. The zero-order valence-corrected chi connectivity index (χ0v) is 20.3. The number of carbonyl (C=O) groups is 2.